The fourth-order valence-electron chi connectivity index (χ4n) is 4.09. The van der Waals surface area contributed by atoms with Gasteiger partial charge in [-0.1, -0.05) is 42.5 Å². The highest BCUT2D eigenvalue weighted by Gasteiger charge is 2.41. The van der Waals surface area contributed by atoms with E-state index in [0.29, 0.717) is 35.7 Å². The van der Waals surface area contributed by atoms with E-state index in [1.807, 2.05) is 54.6 Å². The van der Waals surface area contributed by atoms with E-state index < -0.39 is 17.4 Å². The van der Waals surface area contributed by atoms with Crippen LogP contribution in [-0.4, -0.2) is 39.0 Å². The number of amides is 1. The summed E-state index contributed by atoms with van der Waals surface area (Å²) in [5.74, 6) is 0.412. The quantitative estimate of drug-likeness (QED) is 0.400. The van der Waals surface area contributed by atoms with E-state index in [2.05, 4.69) is 10.3 Å². The van der Waals surface area contributed by atoms with Gasteiger partial charge in [0.25, 0.3) is 5.91 Å². The molecule has 1 aromatic heterocycles. The van der Waals surface area contributed by atoms with Gasteiger partial charge in [0.2, 0.25) is 0 Å². The number of hydrogen-bond acceptors (Lipinski definition) is 6. The fourth-order valence-corrected chi connectivity index (χ4v) is 6.16. The molecule has 1 fully saturated rings. The standard InChI is InChI=1S/C25H22N2O4S2/c28-23(27-25(24(29)30)11-13-32-14-12-25)18-10-9-16-5-1-2-6-17(16)22(18)31-15-21-26-19-7-3-4-8-20(19)33-21/h1-10H,11-15H2,(H,27,28)(H,29,30). The summed E-state index contributed by atoms with van der Waals surface area (Å²) in [5.41, 5.74) is -0.0117. The van der Waals surface area contributed by atoms with Gasteiger partial charge in [-0.2, -0.15) is 11.8 Å². The van der Waals surface area contributed by atoms with Gasteiger partial charge in [0.05, 0.1) is 15.8 Å². The SMILES string of the molecule is O=C(NC1(C(=O)O)CCSCC1)c1ccc2ccccc2c1OCc1nc2ccccc2s1. The van der Waals surface area contributed by atoms with Crippen LogP contribution in [0, 0.1) is 0 Å². The molecule has 3 aromatic carbocycles. The van der Waals surface area contributed by atoms with Crippen molar-refractivity contribution in [1.29, 1.82) is 0 Å². The third-order valence-electron chi connectivity index (χ3n) is 5.91. The Hall–Kier alpha value is -3.10. The van der Waals surface area contributed by atoms with Crippen LogP contribution < -0.4 is 10.1 Å². The van der Waals surface area contributed by atoms with Crippen LogP contribution in [0.2, 0.25) is 0 Å². The largest absolute Gasteiger partial charge is 0.485 e. The zero-order chi connectivity index (χ0) is 22.8. The number of para-hydroxylation sites is 1. The summed E-state index contributed by atoms with van der Waals surface area (Å²) in [6.45, 7) is 0.217. The minimum atomic E-state index is -1.25. The molecular weight excluding hydrogens is 456 g/mol. The van der Waals surface area contributed by atoms with Crippen LogP contribution in [-0.2, 0) is 11.4 Å². The second kappa shape index (κ2) is 9.03. The molecule has 4 aromatic rings. The Bertz CT molecular complexity index is 1310. The summed E-state index contributed by atoms with van der Waals surface area (Å²) in [6.07, 6.45) is 0.794. The Kier molecular flexibility index (Phi) is 5.95. The first-order valence-corrected chi connectivity index (χ1v) is 12.7. The van der Waals surface area contributed by atoms with Crippen molar-refractivity contribution >= 4 is 56.0 Å². The molecule has 0 saturated carbocycles. The number of ether oxygens (including phenoxy) is 1. The van der Waals surface area contributed by atoms with Crippen LogP contribution in [0.1, 0.15) is 28.2 Å². The van der Waals surface area contributed by atoms with Crippen molar-refractivity contribution in [2.75, 3.05) is 11.5 Å². The van der Waals surface area contributed by atoms with Crippen LogP contribution in [0.25, 0.3) is 21.0 Å². The van der Waals surface area contributed by atoms with Gasteiger partial charge in [0.1, 0.15) is 22.9 Å². The number of aromatic nitrogens is 1. The number of fused-ring (bicyclic) bond motifs is 2. The molecule has 8 heteroatoms. The van der Waals surface area contributed by atoms with Crippen LogP contribution in [0.5, 0.6) is 5.75 Å². The summed E-state index contributed by atoms with van der Waals surface area (Å²) < 4.78 is 7.28. The van der Waals surface area contributed by atoms with Crippen molar-refractivity contribution in [3.05, 3.63) is 71.2 Å². The first kappa shape index (κ1) is 21.7. The Morgan fingerprint density at radius 3 is 2.58 bits per heavy atom. The number of aliphatic carboxylic acids is 1. The maximum absolute atomic E-state index is 13.4. The lowest BCUT2D eigenvalue weighted by molar-refractivity contribution is -0.144. The number of carboxylic acid groups (broad SMARTS) is 1. The Labute approximate surface area is 199 Å². The van der Waals surface area contributed by atoms with E-state index in [9.17, 15) is 14.7 Å². The van der Waals surface area contributed by atoms with Crippen LogP contribution in [0.3, 0.4) is 0 Å². The second-order valence-corrected chi connectivity index (χ2v) is 10.3. The van der Waals surface area contributed by atoms with Crippen molar-refractivity contribution in [3.63, 3.8) is 0 Å². The molecule has 1 saturated heterocycles. The molecule has 0 unspecified atom stereocenters. The van der Waals surface area contributed by atoms with Gasteiger partial charge in [-0.05, 0) is 47.9 Å². The topological polar surface area (TPSA) is 88.5 Å². The van der Waals surface area contributed by atoms with Gasteiger partial charge >= 0.3 is 5.97 Å². The molecule has 2 N–H and O–H groups in total. The minimum Gasteiger partial charge on any atom is -0.485 e. The third-order valence-corrected chi connectivity index (χ3v) is 7.91. The number of carboxylic acids is 1. The van der Waals surface area contributed by atoms with E-state index in [1.165, 1.54) is 0 Å². The summed E-state index contributed by atoms with van der Waals surface area (Å²) in [7, 11) is 0. The highest BCUT2D eigenvalue weighted by atomic mass is 32.2. The lowest BCUT2D eigenvalue weighted by Gasteiger charge is -2.33. The maximum Gasteiger partial charge on any atom is 0.329 e. The third kappa shape index (κ3) is 4.28. The number of carbonyl (C=O) groups is 2. The number of rotatable bonds is 6. The molecule has 0 atom stereocenters. The van der Waals surface area contributed by atoms with Gasteiger partial charge < -0.3 is 15.2 Å². The molecule has 2 heterocycles. The molecule has 0 bridgehead atoms. The van der Waals surface area contributed by atoms with Crippen molar-refractivity contribution < 1.29 is 19.4 Å². The molecule has 1 aliphatic rings. The Morgan fingerprint density at radius 1 is 1.03 bits per heavy atom. The molecular formula is C25H22N2O4S2. The molecule has 168 valence electrons. The van der Waals surface area contributed by atoms with E-state index in [-0.39, 0.29) is 6.61 Å². The number of thioether (sulfide) groups is 1. The zero-order valence-electron chi connectivity index (χ0n) is 17.7. The Morgan fingerprint density at radius 2 is 1.79 bits per heavy atom. The average Bonchev–Trinajstić information content (AvgIpc) is 3.26. The second-order valence-electron chi connectivity index (χ2n) is 7.98. The maximum atomic E-state index is 13.4. The first-order chi connectivity index (χ1) is 16.1. The minimum absolute atomic E-state index is 0.217. The fraction of sp³-hybridized carbons (Fsp3) is 0.240. The van der Waals surface area contributed by atoms with Gasteiger partial charge in [0.15, 0.2) is 0 Å². The summed E-state index contributed by atoms with van der Waals surface area (Å²) in [4.78, 5) is 30.1. The number of thiazole rings is 1. The highest BCUT2D eigenvalue weighted by molar-refractivity contribution is 7.99. The predicted octanol–water partition coefficient (Wildman–Crippen LogP) is 5.11. The van der Waals surface area contributed by atoms with Crippen LogP contribution in [0.15, 0.2) is 60.7 Å². The molecule has 33 heavy (non-hydrogen) atoms. The van der Waals surface area contributed by atoms with Crippen molar-refractivity contribution in [2.45, 2.75) is 25.0 Å². The number of benzene rings is 3. The monoisotopic (exact) mass is 478 g/mol. The number of nitrogens with zero attached hydrogens (tertiary/aromatic N) is 1. The van der Waals surface area contributed by atoms with Gasteiger partial charge in [-0.15, -0.1) is 11.3 Å². The van der Waals surface area contributed by atoms with Crippen molar-refractivity contribution in [3.8, 4) is 5.75 Å². The number of nitrogens with one attached hydrogen (secondary N) is 1. The van der Waals surface area contributed by atoms with Gasteiger partial charge in [0, 0.05) is 5.39 Å². The first-order valence-electron chi connectivity index (χ1n) is 10.7. The normalized spacial score (nSPS) is 15.4. The molecule has 5 rings (SSSR count). The summed E-state index contributed by atoms with van der Waals surface area (Å²) in [5, 5.41) is 15.3. The summed E-state index contributed by atoms with van der Waals surface area (Å²) >= 11 is 3.26. The van der Waals surface area contributed by atoms with Crippen LogP contribution in [0.4, 0.5) is 0 Å². The van der Waals surface area contributed by atoms with Crippen molar-refractivity contribution in [2.24, 2.45) is 0 Å². The van der Waals surface area contributed by atoms with Gasteiger partial charge in [-0.3, -0.25) is 4.79 Å². The number of carbonyl (C=O) groups excluding carboxylic acids is 1. The van der Waals surface area contributed by atoms with Gasteiger partial charge in [-0.25, -0.2) is 9.78 Å². The van der Waals surface area contributed by atoms with E-state index >= 15 is 0 Å². The van der Waals surface area contributed by atoms with E-state index in [1.54, 1.807) is 29.2 Å². The Balaban J connectivity index is 1.48. The molecule has 0 radical (unpaired) electrons. The molecule has 0 spiro atoms. The highest BCUT2D eigenvalue weighted by Crippen LogP contribution is 2.33. The molecule has 1 aliphatic heterocycles. The molecule has 1 amide bonds. The zero-order valence-corrected chi connectivity index (χ0v) is 19.4. The molecule has 0 aliphatic carbocycles. The predicted molar refractivity (Wildman–Crippen MR) is 132 cm³/mol. The van der Waals surface area contributed by atoms with Crippen LogP contribution >= 0.6 is 23.1 Å². The smallest absolute Gasteiger partial charge is 0.329 e. The number of hydrogen-bond donors (Lipinski definition) is 2. The average molecular weight is 479 g/mol. The molecule has 6 nitrogen and oxygen atoms in total. The summed E-state index contributed by atoms with van der Waals surface area (Å²) in [6, 6.07) is 19.1. The van der Waals surface area contributed by atoms with Crippen molar-refractivity contribution in [1.82, 2.24) is 10.3 Å². The van der Waals surface area contributed by atoms with E-state index in [0.717, 1.165) is 26.0 Å². The lowest BCUT2D eigenvalue weighted by Crippen LogP contribution is -2.56. The lowest BCUT2D eigenvalue weighted by atomic mass is 9.91. The van der Waals surface area contributed by atoms with E-state index in [4.69, 9.17) is 4.74 Å².